The van der Waals surface area contributed by atoms with Crippen LogP contribution in [0, 0.1) is 0 Å². The number of aromatic amines is 2. The fourth-order valence-corrected chi connectivity index (χ4v) is 4.56. The lowest BCUT2D eigenvalue weighted by Crippen LogP contribution is -2.01. The minimum absolute atomic E-state index is 0.628. The van der Waals surface area contributed by atoms with Gasteiger partial charge in [0.2, 0.25) is 0 Å². The van der Waals surface area contributed by atoms with Gasteiger partial charge in [-0.05, 0) is 68.4 Å². The highest BCUT2D eigenvalue weighted by atomic mass is 16.5. The van der Waals surface area contributed by atoms with Crippen LogP contribution in [0.1, 0.15) is 87.4 Å². The molecule has 0 saturated heterocycles. The lowest BCUT2D eigenvalue weighted by atomic mass is 9.88. The first-order chi connectivity index (χ1) is 14.3. The fraction of sp³-hybridized carbons (Fsp3) is 0.480. The Morgan fingerprint density at radius 3 is 2.90 bits per heavy atom. The van der Waals surface area contributed by atoms with E-state index in [1.165, 1.54) is 61.9 Å². The molecule has 0 saturated carbocycles. The molecule has 2 aromatic rings. The Balaban J connectivity index is 1.72. The number of aromatic nitrogens is 2. The molecule has 29 heavy (non-hydrogen) atoms. The van der Waals surface area contributed by atoms with E-state index in [-0.39, 0.29) is 0 Å². The summed E-state index contributed by atoms with van der Waals surface area (Å²) in [4.78, 5) is 11.9. The Kier molecular flexibility index (Phi) is 6.38. The van der Waals surface area contributed by atoms with E-state index in [1.54, 1.807) is 0 Å². The maximum absolute atomic E-state index is 5.93. The number of nitrogens with zero attached hydrogens (tertiary/aromatic N) is 1. The van der Waals surface area contributed by atoms with Crippen molar-refractivity contribution in [2.45, 2.75) is 71.1 Å². The molecule has 1 aliphatic carbocycles. The molecular formula is C25H33N3O. The lowest BCUT2D eigenvalue weighted by Gasteiger charge is -2.17. The number of allylic oxidation sites excluding steroid dienone is 1. The molecule has 4 rings (SSSR count). The first kappa shape index (κ1) is 19.8. The zero-order valence-electron chi connectivity index (χ0n) is 17.8. The van der Waals surface area contributed by atoms with Gasteiger partial charge < -0.3 is 14.7 Å². The van der Waals surface area contributed by atoms with E-state index in [0.717, 1.165) is 29.3 Å². The largest absolute Gasteiger partial charge is 0.492 e. The standard InChI is InChI=1S/C25H33N3O/c1-3-10-18-11-7-5-6-8-12-19-15-20(18)22(27-19)16-24-25(29-4-2)17-23(28-24)21-13-9-14-26-21/h9,13-18,26-27H,3-8,10-12H2,1-2H3/b24-16+. The molecule has 1 unspecified atom stereocenters. The highest BCUT2D eigenvalue weighted by molar-refractivity contribution is 6.11. The van der Waals surface area contributed by atoms with Crippen LogP contribution in [0.2, 0.25) is 0 Å². The average Bonchev–Trinajstić information content (AvgIpc) is 3.45. The minimum Gasteiger partial charge on any atom is -0.492 e. The Morgan fingerprint density at radius 2 is 2.10 bits per heavy atom. The molecular weight excluding hydrogens is 358 g/mol. The molecule has 0 radical (unpaired) electrons. The van der Waals surface area contributed by atoms with Crippen molar-refractivity contribution in [3.8, 4) is 0 Å². The highest BCUT2D eigenvalue weighted by Gasteiger charge is 2.22. The quantitative estimate of drug-likeness (QED) is 0.580. The van der Waals surface area contributed by atoms with Gasteiger partial charge in [-0.25, -0.2) is 4.99 Å². The molecule has 2 N–H and O–H groups in total. The van der Waals surface area contributed by atoms with Gasteiger partial charge in [-0.1, -0.05) is 32.6 Å². The van der Waals surface area contributed by atoms with Crippen molar-refractivity contribution in [2.24, 2.45) is 4.99 Å². The molecule has 0 aromatic carbocycles. The topological polar surface area (TPSA) is 53.2 Å². The summed E-state index contributed by atoms with van der Waals surface area (Å²) in [5, 5.41) is 0. The van der Waals surface area contributed by atoms with Gasteiger partial charge in [0.25, 0.3) is 0 Å². The third-order valence-electron chi connectivity index (χ3n) is 5.98. The van der Waals surface area contributed by atoms with E-state index < -0.39 is 0 Å². The Bertz CT molecular complexity index is 899. The van der Waals surface area contributed by atoms with Crippen LogP contribution in [0.5, 0.6) is 0 Å². The summed E-state index contributed by atoms with van der Waals surface area (Å²) in [6.07, 6.45) is 16.4. The smallest absolute Gasteiger partial charge is 0.147 e. The minimum atomic E-state index is 0.628. The van der Waals surface area contributed by atoms with E-state index in [4.69, 9.17) is 9.73 Å². The van der Waals surface area contributed by atoms with Crippen LogP contribution in [-0.2, 0) is 11.2 Å². The zero-order chi connectivity index (χ0) is 20.1. The molecule has 4 heteroatoms. The number of aryl methyl sites for hydroxylation is 1. The van der Waals surface area contributed by atoms with Crippen molar-refractivity contribution in [1.82, 2.24) is 9.97 Å². The normalized spacial score (nSPS) is 21.2. The van der Waals surface area contributed by atoms with E-state index in [9.17, 15) is 0 Å². The van der Waals surface area contributed by atoms with Crippen LogP contribution in [0.3, 0.4) is 0 Å². The summed E-state index contributed by atoms with van der Waals surface area (Å²) >= 11 is 0. The van der Waals surface area contributed by atoms with Crippen molar-refractivity contribution in [2.75, 3.05) is 6.61 Å². The molecule has 0 fully saturated rings. The molecule has 1 atom stereocenters. The number of ether oxygens (including phenoxy) is 1. The number of fused-ring (bicyclic) bond motifs is 2. The number of nitrogens with one attached hydrogen (secondary N) is 2. The van der Waals surface area contributed by atoms with E-state index in [0.29, 0.717) is 12.5 Å². The van der Waals surface area contributed by atoms with Crippen LogP contribution in [0.4, 0.5) is 0 Å². The number of hydrogen-bond acceptors (Lipinski definition) is 2. The Morgan fingerprint density at radius 1 is 1.21 bits per heavy atom. The molecule has 4 nitrogen and oxygen atoms in total. The highest BCUT2D eigenvalue weighted by Crippen LogP contribution is 2.34. The first-order valence-electron chi connectivity index (χ1n) is 11.3. The van der Waals surface area contributed by atoms with Gasteiger partial charge >= 0.3 is 0 Å². The van der Waals surface area contributed by atoms with Gasteiger partial charge in [0.15, 0.2) is 0 Å². The third kappa shape index (κ3) is 4.58. The predicted octanol–water partition coefficient (Wildman–Crippen LogP) is 6.50. The summed E-state index contributed by atoms with van der Waals surface area (Å²) in [6, 6.07) is 6.47. The third-order valence-corrected chi connectivity index (χ3v) is 5.98. The second-order valence-corrected chi connectivity index (χ2v) is 8.15. The lowest BCUT2D eigenvalue weighted by molar-refractivity contribution is 0.239. The van der Waals surface area contributed by atoms with Gasteiger partial charge in [0, 0.05) is 23.7 Å². The van der Waals surface area contributed by atoms with E-state index in [2.05, 4.69) is 29.0 Å². The van der Waals surface area contributed by atoms with Crippen LogP contribution >= 0.6 is 0 Å². The van der Waals surface area contributed by atoms with Crippen molar-refractivity contribution < 1.29 is 4.74 Å². The van der Waals surface area contributed by atoms with Gasteiger partial charge in [-0.15, -0.1) is 0 Å². The SMILES string of the molecule is CCCC1CCCCCCc2cc1c(/C=C1/N=C(c3ccc[nH]3)C=C1OCC)[nH]2. The number of rotatable bonds is 6. The monoisotopic (exact) mass is 391 g/mol. The number of aliphatic imine (C=N–C) groups is 1. The van der Waals surface area contributed by atoms with Crippen molar-refractivity contribution in [3.05, 3.63) is 64.6 Å². The maximum atomic E-state index is 5.93. The van der Waals surface area contributed by atoms with Gasteiger partial charge in [-0.3, -0.25) is 0 Å². The maximum Gasteiger partial charge on any atom is 0.147 e. The molecule has 0 amide bonds. The Hall–Kier alpha value is -2.49. The van der Waals surface area contributed by atoms with Crippen LogP contribution < -0.4 is 0 Å². The van der Waals surface area contributed by atoms with E-state index >= 15 is 0 Å². The van der Waals surface area contributed by atoms with Gasteiger partial charge in [0.1, 0.15) is 11.5 Å². The molecule has 0 spiro atoms. The number of H-pyrrole nitrogens is 2. The Labute approximate surface area is 174 Å². The molecule has 2 aromatic heterocycles. The van der Waals surface area contributed by atoms with Crippen LogP contribution in [-0.4, -0.2) is 22.3 Å². The first-order valence-corrected chi connectivity index (χ1v) is 11.3. The molecule has 3 heterocycles. The fourth-order valence-electron chi connectivity index (χ4n) is 4.56. The van der Waals surface area contributed by atoms with Crippen molar-refractivity contribution in [3.63, 3.8) is 0 Å². The van der Waals surface area contributed by atoms with Gasteiger partial charge in [0.05, 0.1) is 18.0 Å². The van der Waals surface area contributed by atoms with Crippen molar-refractivity contribution in [1.29, 1.82) is 0 Å². The zero-order valence-corrected chi connectivity index (χ0v) is 17.8. The molecule has 2 bridgehead atoms. The summed E-state index contributed by atoms with van der Waals surface area (Å²) in [5.41, 5.74) is 6.92. The van der Waals surface area contributed by atoms with E-state index in [1.807, 2.05) is 31.3 Å². The molecule has 154 valence electrons. The van der Waals surface area contributed by atoms with Crippen LogP contribution in [0.25, 0.3) is 6.08 Å². The summed E-state index contributed by atoms with van der Waals surface area (Å²) in [6.45, 7) is 4.96. The van der Waals surface area contributed by atoms with Crippen LogP contribution in [0.15, 0.2) is 46.9 Å². The van der Waals surface area contributed by atoms with Gasteiger partial charge in [-0.2, -0.15) is 0 Å². The second-order valence-electron chi connectivity index (χ2n) is 8.15. The summed E-state index contributed by atoms with van der Waals surface area (Å²) < 4.78 is 5.93. The average molecular weight is 392 g/mol. The number of hydrogen-bond donors (Lipinski definition) is 2. The summed E-state index contributed by atoms with van der Waals surface area (Å²) in [7, 11) is 0. The summed E-state index contributed by atoms with van der Waals surface area (Å²) in [5.74, 6) is 1.48. The molecule has 2 aliphatic rings. The van der Waals surface area contributed by atoms with Crippen molar-refractivity contribution >= 4 is 11.8 Å². The second kappa shape index (κ2) is 9.34. The molecule has 1 aliphatic heterocycles. The predicted molar refractivity (Wildman–Crippen MR) is 120 cm³/mol.